The van der Waals surface area contributed by atoms with E-state index in [0.717, 1.165) is 11.1 Å². The second-order valence-corrected chi connectivity index (χ2v) is 6.57. The molecule has 0 aliphatic heterocycles. The zero-order chi connectivity index (χ0) is 19.4. The average Bonchev–Trinajstić information content (AvgIpc) is 2.64. The van der Waals surface area contributed by atoms with Crippen LogP contribution in [-0.4, -0.2) is 29.2 Å². The van der Waals surface area contributed by atoms with Crippen LogP contribution in [0.25, 0.3) is 10.9 Å². The third-order valence-corrected chi connectivity index (χ3v) is 4.44. The molecule has 0 saturated carbocycles. The molecule has 0 aliphatic carbocycles. The Labute approximate surface area is 160 Å². The van der Waals surface area contributed by atoms with Crippen LogP contribution < -0.4 is 11.2 Å². The summed E-state index contributed by atoms with van der Waals surface area (Å²) < 4.78 is 5.28. The van der Waals surface area contributed by atoms with Crippen molar-refractivity contribution in [2.45, 2.75) is 13.0 Å². The summed E-state index contributed by atoms with van der Waals surface area (Å²) in [4.78, 5) is 28.0. The summed E-state index contributed by atoms with van der Waals surface area (Å²) in [5, 5.41) is 9.76. The Kier molecular flexibility index (Phi) is 5.91. The van der Waals surface area contributed by atoms with Gasteiger partial charge in [-0.3, -0.25) is 9.59 Å². The van der Waals surface area contributed by atoms with Crippen LogP contribution in [0.5, 0.6) is 0 Å². The summed E-state index contributed by atoms with van der Waals surface area (Å²) >= 11 is 5.90. The topological polar surface area (TPSA) is 105 Å². The van der Waals surface area contributed by atoms with Gasteiger partial charge < -0.3 is 20.6 Å². The molecule has 2 aromatic carbocycles. The standard InChI is InChI=1S/C20H19ClN2O4/c21-14-4-1-12(2-5-14)10-17-18(20(22)26)19(25)15-9-13(11-27-8-7-24)3-6-16(15)23-17/h1-6,9,24H,7-8,10-11H2,(H2,22,26)(H,23,25). The van der Waals surface area contributed by atoms with Crippen LogP contribution in [0.2, 0.25) is 5.02 Å². The van der Waals surface area contributed by atoms with Gasteiger partial charge in [0.2, 0.25) is 5.43 Å². The van der Waals surface area contributed by atoms with E-state index in [1.807, 2.05) is 18.2 Å². The minimum atomic E-state index is -0.774. The van der Waals surface area contributed by atoms with E-state index < -0.39 is 11.3 Å². The van der Waals surface area contributed by atoms with Gasteiger partial charge in [0, 0.05) is 28.0 Å². The molecular weight excluding hydrogens is 368 g/mol. The molecule has 0 radical (unpaired) electrons. The lowest BCUT2D eigenvalue weighted by Crippen LogP contribution is -2.25. The zero-order valence-electron chi connectivity index (χ0n) is 14.5. The van der Waals surface area contributed by atoms with E-state index in [1.54, 1.807) is 24.3 Å². The van der Waals surface area contributed by atoms with Crippen LogP contribution in [0.4, 0.5) is 0 Å². The monoisotopic (exact) mass is 386 g/mol. The first-order valence-electron chi connectivity index (χ1n) is 8.40. The third kappa shape index (κ3) is 4.36. The number of aromatic nitrogens is 1. The number of aliphatic hydroxyl groups is 1. The summed E-state index contributed by atoms with van der Waals surface area (Å²) in [5.41, 5.74) is 7.76. The second kappa shape index (κ2) is 8.35. The molecule has 0 fully saturated rings. The van der Waals surface area contributed by atoms with Gasteiger partial charge in [0.25, 0.3) is 5.91 Å². The molecule has 0 saturated heterocycles. The highest BCUT2D eigenvalue weighted by molar-refractivity contribution is 6.30. The van der Waals surface area contributed by atoms with Gasteiger partial charge in [-0.15, -0.1) is 0 Å². The van der Waals surface area contributed by atoms with Gasteiger partial charge in [0.15, 0.2) is 0 Å². The van der Waals surface area contributed by atoms with Gasteiger partial charge >= 0.3 is 0 Å². The molecule has 3 aromatic rings. The van der Waals surface area contributed by atoms with Gasteiger partial charge in [-0.2, -0.15) is 0 Å². The van der Waals surface area contributed by atoms with Crippen molar-refractivity contribution in [1.82, 2.24) is 4.98 Å². The van der Waals surface area contributed by atoms with Crippen molar-refractivity contribution in [1.29, 1.82) is 0 Å². The van der Waals surface area contributed by atoms with Crippen molar-refractivity contribution < 1.29 is 14.6 Å². The maximum atomic E-state index is 12.9. The molecule has 1 heterocycles. The number of primary amides is 1. The number of benzene rings is 2. The molecule has 140 valence electrons. The van der Waals surface area contributed by atoms with Crippen molar-refractivity contribution in [3.05, 3.63) is 80.1 Å². The van der Waals surface area contributed by atoms with Crippen LogP contribution in [0.1, 0.15) is 27.2 Å². The highest BCUT2D eigenvalue weighted by atomic mass is 35.5. The third-order valence-electron chi connectivity index (χ3n) is 4.19. The molecule has 3 rings (SSSR count). The van der Waals surface area contributed by atoms with Crippen LogP contribution in [0.3, 0.4) is 0 Å². The Morgan fingerprint density at radius 2 is 1.85 bits per heavy atom. The number of carbonyl (C=O) groups is 1. The highest BCUT2D eigenvalue weighted by Crippen LogP contribution is 2.18. The Hall–Kier alpha value is -2.67. The Bertz CT molecular complexity index is 1030. The first-order chi connectivity index (χ1) is 13.0. The number of rotatable bonds is 7. The number of amides is 1. The van der Waals surface area contributed by atoms with Gasteiger partial charge in [0.05, 0.1) is 19.8 Å². The minimum absolute atomic E-state index is 0.0501. The van der Waals surface area contributed by atoms with Crippen molar-refractivity contribution in [3.63, 3.8) is 0 Å². The quantitative estimate of drug-likeness (QED) is 0.542. The molecule has 0 unspecified atom stereocenters. The first kappa shape index (κ1) is 19.1. The molecule has 0 spiro atoms. The Balaban J connectivity index is 2.05. The number of H-pyrrole nitrogens is 1. The summed E-state index contributed by atoms with van der Waals surface area (Å²) in [6.07, 6.45) is 0.349. The predicted octanol–water partition coefficient (Wildman–Crippen LogP) is 2.38. The number of nitrogens with two attached hydrogens (primary N) is 1. The van der Waals surface area contributed by atoms with E-state index in [0.29, 0.717) is 28.0 Å². The van der Waals surface area contributed by atoms with E-state index >= 15 is 0 Å². The average molecular weight is 387 g/mol. The number of ether oxygens (including phenoxy) is 1. The maximum Gasteiger partial charge on any atom is 0.254 e. The van der Waals surface area contributed by atoms with Crippen molar-refractivity contribution >= 4 is 28.4 Å². The molecule has 0 atom stereocenters. The smallest absolute Gasteiger partial charge is 0.254 e. The normalized spacial score (nSPS) is 11.0. The van der Waals surface area contributed by atoms with Crippen molar-refractivity contribution in [2.24, 2.45) is 5.73 Å². The fraction of sp³-hybridized carbons (Fsp3) is 0.200. The molecule has 1 amide bonds. The fourth-order valence-corrected chi connectivity index (χ4v) is 3.05. The lowest BCUT2D eigenvalue weighted by atomic mass is 10.0. The summed E-state index contributed by atoms with van der Waals surface area (Å²) in [5.74, 6) is -0.774. The Morgan fingerprint density at radius 1 is 1.15 bits per heavy atom. The van der Waals surface area contributed by atoms with E-state index in [-0.39, 0.29) is 25.4 Å². The predicted molar refractivity (Wildman–Crippen MR) is 104 cm³/mol. The molecule has 4 N–H and O–H groups in total. The number of carbonyl (C=O) groups excluding carboxylic acids is 1. The van der Waals surface area contributed by atoms with Crippen molar-refractivity contribution in [3.8, 4) is 0 Å². The van der Waals surface area contributed by atoms with Crippen LogP contribution in [0, 0.1) is 0 Å². The van der Waals surface area contributed by atoms with E-state index in [1.165, 1.54) is 0 Å². The van der Waals surface area contributed by atoms with Crippen LogP contribution in [-0.2, 0) is 17.8 Å². The van der Waals surface area contributed by atoms with Crippen LogP contribution in [0.15, 0.2) is 47.3 Å². The number of aliphatic hydroxyl groups excluding tert-OH is 1. The Morgan fingerprint density at radius 3 is 2.52 bits per heavy atom. The molecule has 7 heteroatoms. The summed E-state index contributed by atoms with van der Waals surface area (Å²) in [7, 11) is 0. The fourth-order valence-electron chi connectivity index (χ4n) is 2.93. The SMILES string of the molecule is NC(=O)c1c(Cc2ccc(Cl)cc2)[nH]c2ccc(COCCO)cc2c1=O. The number of hydrogen-bond acceptors (Lipinski definition) is 4. The van der Waals surface area contributed by atoms with E-state index in [9.17, 15) is 9.59 Å². The second-order valence-electron chi connectivity index (χ2n) is 6.13. The van der Waals surface area contributed by atoms with Gasteiger partial charge in [-0.05, 0) is 35.4 Å². The molecule has 27 heavy (non-hydrogen) atoms. The lowest BCUT2D eigenvalue weighted by molar-refractivity contribution is 0.0816. The lowest BCUT2D eigenvalue weighted by Gasteiger charge is -2.11. The first-order valence-corrected chi connectivity index (χ1v) is 8.78. The van der Waals surface area contributed by atoms with Crippen LogP contribution >= 0.6 is 11.6 Å². The molecule has 0 aliphatic rings. The summed E-state index contributed by atoms with van der Waals surface area (Å²) in [6, 6.07) is 12.4. The number of halogens is 1. The van der Waals surface area contributed by atoms with Gasteiger partial charge in [0.1, 0.15) is 5.56 Å². The number of fused-ring (bicyclic) bond motifs is 1. The number of pyridine rings is 1. The number of hydrogen-bond donors (Lipinski definition) is 3. The van der Waals surface area contributed by atoms with E-state index in [4.69, 9.17) is 27.2 Å². The van der Waals surface area contributed by atoms with Gasteiger partial charge in [-0.1, -0.05) is 29.8 Å². The highest BCUT2D eigenvalue weighted by Gasteiger charge is 2.17. The number of nitrogens with one attached hydrogen (secondary N) is 1. The number of aromatic amines is 1. The molecular formula is C20H19ClN2O4. The molecule has 6 nitrogen and oxygen atoms in total. The minimum Gasteiger partial charge on any atom is -0.394 e. The molecule has 1 aromatic heterocycles. The van der Waals surface area contributed by atoms with E-state index in [2.05, 4.69) is 4.98 Å². The van der Waals surface area contributed by atoms with Gasteiger partial charge in [-0.25, -0.2) is 0 Å². The largest absolute Gasteiger partial charge is 0.394 e. The zero-order valence-corrected chi connectivity index (χ0v) is 15.3. The maximum absolute atomic E-state index is 12.9. The molecule has 0 bridgehead atoms. The summed E-state index contributed by atoms with van der Waals surface area (Å²) in [6.45, 7) is 0.392. The van der Waals surface area contributed by atoms with Crippen molar-refractivity contribution in [2.75, 3.05) is 13.2 Å².